The Labute approximate surface area is 148 Å². The molecule has 0 radical (unpaired) electrons. The zero-order valence-electron chi connectivity index (χ0n) is 14.4. The third-order valence-corrected chi connectivity index (χ3v) is 5.09. The first-order chi connectivity index (χ1) is 12.3. The number of nitrogens with zero attached hydrogens (tertiary/aromatic N) is 3. The highest BCUT2D eigenvalue weighted by Gasteiger charge is 2.24. The van der Waals surface area contributed by atoms with Crippen molar-refractivity contribution >= 4 is 0 Å². The molecule has 0 unspecified atom stereocenters. The van der Waals surface area contributed by atoms with Gasteiger partial charge in [0.25, 0.3) is 0 Å². The van der Waals surface area contributed by atoms with Gasteiger partial charge in [-0.1, -0.05) is 37.3 Å². The molecule has 0 bridgehead atoms. The van der Waals surface area contributed by atoms with Crippen LogP contribution < -0.4 is 0 Å². The number of fused-ring (bicyclic) bond motifs is 1. The fourth-order valence-electron chi connectivity index (χ4n) is 3.81. The summed E-state index contributed by atoms with van der Waals surface area (Å²) in [4.78, 5) is 2.45. The number of rotatable bonds is 3. The lowest BCUT2D eigenvalue weighted by molar-refractivity contribution is 0.268. The Kier molecular flexibility index (Phi) is 4.13. The molecule has 1 aliphatic heterocycles. The largest absolute Gasteiger partial charge is 0.322 e. The quantitative estimate of drug-likeness (QED) is 0.714. The SMILES string of the molecule is CCN1CCc2c(-c3ccccc3)cc(C#N)c(-n3cccc3)c2C1. The molecule has 0 aliphatic carbocycles. The number of likely N-dealkylation sites (N-methyl/N-ethyl adjacent to an activating group) is 1. The first-order valence-electron chi connectivity index (χ1n) is 8.81. The summed E-state index contributed by atoms with van der Waals surface area (Å²) in [6.07, 6.45) is 5.08. The maximum absolute atomic E-state index is 9.84. The van der Waals surface area contributed by atoms with Gasteiger partial charge in [-0.25, -0.2) is 0 Å². The van der Waals surface area contributed by atoms with Gasteiger partial charge in [-0.3, -0.25) is 4.90 Å². The zero-order chi connectivity index (χ0) is 17.2. The Bertz CT molecular complexity index is 918. The van der Waals surface area contributed by atoms with Crippen molar-refractivity contribution in [2.75, 3.05) is 13.1 Å². The molecule has 3 aromatic rings. The lowest BCUT2D eigenvalue weighted by Gasteiger charge is -2.31. The van der Waals surface area contributed by atoms with Crippen LogP contribution in [0.4, 0.5) is 0 Å². The van der Waals surface area contributed by atoms with Gasteiger partial charge in [0.05, 0.1) is 11.3 Å². The van der Waals surface area contributed by atoms with Crippen LogP contribution in [0.5, 0.6) is 0 Å². The number of hydrogen-bond acceptors (Lipinski definition) is 2. The van der Waals surface area contributed by atoms with Gasteiger partial charge in [-0.2, -0.15) is 5.26 Å². The number of aromatic nitrogens is 1. The molecule has 2 aromatic carbocycles. The van der Waals surface area contributed by atoms with Crippen molar-refractivity contribution in [2.24, 2.45) is 0 Å². The molecule has 0 saturated carbocycles. The molecule has 3 heteroatoms. The molecule has 0 atom stereocenters. The van der Waals surface area contributed by atoms with Gasteiger partial charge in [0.1, 0.15) is 6.07 Å². The summed E-state index contributed by atoms with van der Waals surface area (Å²) >= 11 is 0. The van der Waals surface area contributed by atoms with E-state index in [0.29, 0.717) is 0 Å². The molecule has 0 amide bonds. The fourth-order valence-corrected chi connectivity index (χ4v) is 3.81. The van der Waals surface area contributed by atoms with E-state index in [4.69, 9.17) is 0 Å². The van der Waals surface area contributed by atoms with Crippen LogP contribution in [0.15, 0.2) is 60.9 Å². The van der Waals surface area contributed by atoms with Crippen molar-refractivity contribution in [1.82, 2.24) is 9.47 Å². The lowest BCUT2D eigenvalue weighted by atomic mass is 9.87. The molecular formula is C22H21N3. The van der Waals surface area contributed by atoms with E-state index < -0.39 is 0 Å². The standard InChI is InChI=1S/C22H21N3/c1-2-24-13-10-19-20(17-8-4-3-5-9-17)14-18(15-23)22(21(19)16-24)25-11-6-7-12-25/h3-9,11-12,14H,2,10,13,16H2,1H3. The normalized spacial score (nSPS) is 14.1. The zero-order valence-corrected chi connectivity index (χ0v) is 14.4. The molecular weight excluding hydrogens is 306 g/mol. The average Bonchev–Trinajstić information content (AvgIpc) is 3.21. The van der Waals surface area contributed by atoms with Crippen LogP contribution in [0.3, 0.4) is 0 Å². The van der Waals surface area contributed by atoms with Crippen LogP contribution in [-0.4, -0.2) is 22.6 Å². The van der Waals surface area contributed by atoms with Gasteiger partial charge >= 0.3 is 0 Å². The molecule has 4 rings (SSSR count). The Morgan fingerprint density at radius 3 is 2.48 bits per heavy atom. The summed E-state index contributed by atoms with van der Waals surface area (Å²) in [5, 5.41) is 9.84. The van der Waals surface area contributed by atoms with Crippen LogP contribution in [0, 0.1) is 11.3 Å². The van der Waals surface area contributed by atoms with E-state index in [-0.39, 0.29) is 0 Å². The minimum Gasteiger partial charge on any atom is -0.322 e. The van der Waals surface area contributed by atoms with E-state index in [1.807, 2.05) is 30.6 Å². The third kappa shape index (κ3) is 2.75. The predicted molar refractivity (Wildman–Crippen MR) is 101 cm³/mol. The van der Waals surface area contributed by atoms with E-state index in [1.54, 1.807) is 0 Å². The smallest absolute Gasteiger partial charge is 0.101 e. The van der Waals surface area contributed by atoms with Crippen molar-refractivity contribution in [2.45, 2.75) is 19.9 Å². The molecule has 0 fully saturated rings. The monoisotopic (exact) mass is 327 g/mol. The Morgan fingerprint density at radius 1 is 1.04 bits per heavy atom. The molecule has 1 aromatic heterocycles. The van der Waals surface area contributed by atoms with Gasteiger partial charge < -0.3 is 4.57 Å². The molecule has 3 nitrogen and oxygen atoms in total. The molecule has 2 heterocycles. The second-order valence-electron chi connectivity index (χ2n) is 6.46. The number of benzene rings is 2. The second-order valence-corrected chi connectivity index (χ2v) is 6.46. The fraction of sp³-hybridized carbons (Fsp3) is 0.227. The molecule has 1 aliphatic rings. The first-order valence-corrected chi connectivity index (χ1v) is 8.81. The number of nitriles is 1. The summed E-state index contributed by atoms with van der Waals surface area (Å²) in [6, 6.07) is 19.0. The highest BCUT2D eigenvalue weighted by Crippen LogP contribution is 2.36. The van der Waals surface area contributed by atoms with E-state index >= 15 is 0 Å². The van der Waals surface area contributed by atoms with Gasteiger partial charge in [-0.15, -0.1) is 0 Å². The van der Waals surface area contributed by atoms with Crippen LogP contribution >= 0.6 is 0 Å². The minimum atomic E-state index is 0.742. The summed E-state index contributed by atoms with van der Waals surface area (Å²) in [5.74, 6) is 0. The van der Waals surface area contributed by atoms with E-state index in [9.17, 15) is 5.26 Å². The summed E-state index contributed by atoms with van der Waals surface area (Å²) in [7, 11) is 0. The Hall–Kier alpha value is -2.83. The summed E-state index contributed by atoms with van der Waals surface area (Å²) < 4.78 is 2.09. The molecule has 124 valence electrons. The molecule has 0 spiro atoms. The van der Waals surface area contributed by atoms with Gasteiger partial charge in [-0.05, 0) is 53.4 Å². The van der Waals surface area contributed by atoms with E-state index in [1.165, 1.54) is 22.3 Å². The third-order valence-electron chi connectivity index (χ3n) is 5.09. The van der Waals surface area contributed by atoms with E-state index in [0.717, 1.165) is 37.3 Å². The molecule has 0 saturated heterocycles. The molecule has 0 N–H and O–H groups in total. The van der Waals surface area contributed by atoms with Crippen molar-refractivity contribution in [1.29, 1.82) is 5.26 Å². The second kappa shape index (κ2) is 6.58. The lowest BCUT2D eigenvalue weighted by Crippen LogP contribution is -2.31. The first kappa shape index (κ1) is 15.7. The van der Waals surface area contributed by atoms with Gasteiger partial charge in [0, 0.05) is 25.5 Å². The topological polar surface area (TPSA) is 32.0 Å². The van der Waals surface area contributed by atoms with Crippen LogP contribution in [0.2, 0.25) is 0 Å². The minimum absolute atomic E-state index is 0.742. The average molecular weight is 327 g/mol. The van der Waals surface area contributed by atoms with Crippen LogP contribution in [0.1, 0.15) is 23.6 Å². The van der Waals surface area contributed by atoms with Crippen molar-refractivity contribution < 1.29 is 0 Å². The highest BCUT2D eigenvalue weighted by atomic mass is 15.1. The molecule has 25 heavy (non-hydrogen) atoms. The van der Waals surface area contributed by atoms with Crippen LogP contribution in [-0.2, 0) is 13.0 Å². The maximum atomic E-state index is 9.84. The summed E-state index contributed by atoms with van der Waals surface area (Å²) in [5.41, 5.74) is 6.87. The number of hydrogen-bond donors (Lipinski definition) is 0. The predicted octanol–water partition coefficient (Wildman–Crippen LogP) is 4.39. The van der Waals surface area contributed by atoms with Gasteiger partial charge in [0.15, 0.2) is 0 Å². The van der Waals surface area contributed by atoms with Crippen LogP contribution in [0.25, 0.3) is 16.8 Å². The Morgan fingerprint density at radius 2 is 1.80 bits per heavy atom. The van der Waals surface area contributed by atoms with Crippen molar-refractivity contribution in [3.05, 3.63) is 77.6 Å². The summed E-state index contributed by atoms with van der Waals surface area (Å²) in [6.45, 7) is 5.20. The van der Waals surface area contributed by atoms with E-state index in [2.05, 4.69) is 52.8 Å². The van der Waals surface area contributed by atoms with Crippen molar-refractivity contribution in [3.63, 3.8) is 0 Å². The highest BCUT2D eigenvalue weighted by molar-refractivity contribution is 5.75. The van der Waals surface area contributed by atoms with Crippen molar-refractivity contribution in [3.8, 4) is 22.9 Å². The Balaban J connectivity index is 2.00. The van der Waals surface area contributed by atoms with Gasteiger partial charge in [0.2, 0.25) is 0 Å². The maximum Gasteiger partial charge on any atom is 0.101 e.